The Balaban J connectivity index is 3.47. The van der Waals surface area contributed by atoms with E-state index in [2.05, 4.69) is 31.0 Å². The number of nitrogens with zero attached hydrogens (tertiary/aromatic N) is 1. The SMILES string of the molecule is CCN(CC)CCCC(C)NC(C)=O. The van der Waals surface area contributed by atoms with Gasteiger partial charge in [0.1, 0.15) is 0 Å². The van der Waals surface area contributed by atoms with Crippen molar-refractivity contribution in [3.8, 4) is 0 Å². The second-order valence-electron chi connectivity index (χ2n) is 3.77. The Morgan fingerprint density at radius 2 is 1.93 bits per heavy atom. The van der Waals surface area contributed by atoms with Crippen LogP contribution in [0, 0.1) is 0 Å². The van der Waals surface area contributed by atoms with Crippen LogP contribution < -0.4 is 5.32 Å². The summed E-state index contributed by atoms with van der Waals surface area (Å²) in [6.07, 6.45) is 2.22. The first kappa shape index (κ1) is 13.4. The predicted octanol–water partition coefficient (Wildman–Crippen LogP) is 1.63. The van der Waals surface area contributed by atoms with Crippen LogP contribution >= 0.6 is 0 Å². The van der Waals surface area contributed by atoms with Crippen LogP contribution in [0.2, 0.25) is 0 Å². The minimum absolute atomic E-state index is 0.0698. The molecule has 0 aliphatic rings. The summed E-state index contributed by atoms with van der Waals surface area (Å²) in [6, 6.07) is 0.308. The van der Waals surface area contributed by atoms with Crippen molar-refractivity contribution in [3.63, 3.8) is 0 Å². The molecule has 0 spiro atoms. The number of hydrogen-bond acceptors (Lipinski definition) is 2. The molecular weight excluding hydrogens is 176 g/mol. The Morgan fingerprint density at radius 3 is 2.36 bits per heavy atom. The average Bonchev–Trinajstić information content (AvgIpc) is 2.11. The highest BCUT2D eigenvalue weighted by molar-refractivity contribution is 5.73. The number of nitrogens with one attached hydrogen (secondary N) is 1. The molecule has 0 heterocycles. The van der Waals surface area contributed by atoms with Gasteiger partial charge in [-0.05, 0) is 39.4 Å². The molecule has 1 atom stereocenters. The highest BCUT2D eigenvalue weighted by Gasteiger charge is 2.04. The molecule has 14 heavy (non-hydrogen) atoms. The van der Waals surface area contributed by atoms with Crippen LogP contribution in [-0.2, 0) is 4.79 Å². The summed E-state index contributed by atoms with van der Waals surface area (Å²) in [5.41, 5.74) is 0. The van der Waals surface area contributed by atoms with E-state index >= 15 is 0 Å². The molecule has 0 saturated heterocycles. The Hall–Kier alpha value is -0.570. The lowest BCUT2D eigenvalue weighted by atomic mass is 10.2. The van der Waals surface area contributed by atoms with Crippen molar-refractivity contribution in [1.82, 2.24) is 10.2 Å². The zero-order valence-electron chi connectivity index (χ0n) is 9.97. The summed E-state index contributed by atoms with van der Waals surface area (Å²) in [5, 5.41) is 2.90. The fourth-order valence-corrected chi connectivity index (χ4v) is 1.58. The Kier molecular flexibility index (Phi) is 7.48. The lowest BCUT2D eigenvalue weighted by Gasteiger charge is -2.19. The first-order chi connectivity index (χ1) is 6.60. The first-order valence-electron chi connectivity index (χ1n) is 5.59. The van der Waals surface area contributed by atoms with Gasteiger partial charge in [0, 0.05) is 13.0 Å². The smallest absolute Gasteiger partial charge is 0.217 e. The largest absolute Gasteiger partial charge is 0.354 e. The van der Waals surface area contributed by atoms with Crippen LogP contribution in [0.25, 0.3) is 0 Å². The van der Waals surface area contributed by atoms with E-state index < -0.39 is 0 Å². The molecule has 0 aromatic carbocycles. The molecule has 1 N–H and O–H groups in total. The van der Waals surface area contributed by atoms with Gasteiger partial charge in [0.2, 0.25) is 5.91 Å². The van der Waals surface area contributed by atoms with Crippen LogP contribution in [0.15, 0.2) is 0 Å². The third-order valence-electron chi connectivity index (χ3n) is 2.46. The molecule has 0 aliphatic heterocycles. The third kappa shape index (κ3) is 6.89. The van der Waals surface area contributed by atoms with Gasteiger partial charge in [0.05, 0.1) is 0 Å². The van der Waals surface area contributed by atoms with Gasteiger partial charge in [0.15, 0.2) is 0 Å². The van der Waals surface area contributed by atoms with Crippen molar-refractivity contribution in [1.29, 1.82) is 0 Å². The molecule has 0 aromatic heterocycles. The number of rotatable bonds is 7. The van der Waals surface area contributed by atoms with E-state index in [9.17, 15) is 4.79 Å². The Morgan fingerprint density at radius 1 is 1.36 bits per heavy atom. The zero-order chi connectivity index (χ0) is 11.0. The van der Waals surface area contributed by atoms with E-state index in [0.717, 1.165) is 32.5 Å². The second kappa shape index (κ2) is 7.80. The van der Waals surface area contributed by atoms with Crippen molar-refractivity contribution in [2.24, 2.45) is 0 Å². The van der Waals surface area contributed by atoms with Crippen molar-refractivity contribution in [2.75, 3.05) is 19.6 Å². The van der Waals surface area contributed by atoms with E-state index in [1.54, 1.807) is 6.92 Å². The molecule has 0 fully saturated rings. The molecule has 3 heteroatoms. The molecule has 1 unspecified atom stereocenters. The summed E-state index contributed by atoms with van der Waals surface area (Å²) in [5.74, 6) is 0.0698. The number of carbonyl (C=O) groups excluding carboxylic acids is 1. The zero-order valence-corrected chi connectivity index (χ0v) is 9.97. The van der Waals surface area contributed by atoms with Gasteiger partial charge in [-0.25, -0.2) is 0 Å². The van der Waals surface area contributed by atoms with Crippen LogP contribution in [0.5, 0.6) is 0 Å². The summed E-state index contributed by atoms with van der Waals surface area (Å²) in [6.45, 7) is 11.4. The lowest BCUT2D eigenvalue weighted by Crippen LogP contribution is -2.31. The van der Waals surface area contributed by atoms with E-state index in [4.69, 9.17) is 0 Å². The van der Waals surface area contributed by atoms with Crippen molar-refractivity contribution in [3.05, 3.63) is 0 Å². The van der Waals surface area contributed by atoms with Gasteiger partial charge >= 0.3 is 0 Å². The van der Waals surface area contributed by atoms with Crippen molar-refractivity contribution < 1.29 is 4.79 Å². The standard InChI is InChI=1S/C11H24N2O/c1-5-13(6-2)9-7-8-10(3)12-11(4)14/h10H,5-9H2,1-4H3,(H,12,14). The first-order valence-corrected chi connectivity index (χ1v) is 5.59. The van der Waals surface area contributed by atoms with Gasteiger partial charge in [-0.1, -0.05) is 13.8 Å². The van der Waals surface area contributed by atoms with Crippen LogP contribution in [0.1, 0.15) is 40.5 Å². The van der Waals surface area contributed by atoms with E-state index in [1.165, 1.54) is 0 Å². The maximum Gasteiger partial charge on any atom is 0.217 e. The molecule has 0 saturated carbocycles. The van der Waals surface area contributed by atoms with Crippen LogP contribution in [-0.4, -0.2) is 36.5 Å². The molecule has 0 aromatic rings. The number of hydrogen-bond donors (Lipinski definition) is 1. The van der Waals surface area contributed by atoms with E-state index in [0.29, 0.717) is 6.04 Å². The average molecular weight is 200 g/mol. The molecule has 0 aliphatic carbocycles. The minimum atomic E-state index is 0.0698. The molecule has 3 nitrogen and oxygen atoms in total. The van der Waals surface area contributed by atoms with Gasteiger partial charge < -0.3 is 10.2 Å². The second-order valence-corrected chi connectivity index (χ2v) is 3.77. The van der Waals surface area contributed by atoms with Gasteiger partial charge in [-0.2, -0.15) is 0 Å². The molecule has 0 bridgehead atoms. The normalized spacial score (nSPS) is 12.9. The number of carbonyl (C=O) groups is 1. The van der Waals surface area contributed by atoms with Crippen LogP contribution in [0.4, 0.5) is 0 Å². The molecule has 0 radical (unpaired) electrons. The lowest BCUT2D eigenvalue weighted by molar-refractivity contribution is -0.119. The van der Waals surface area contributed by atoms with E-state index in [-0.39, 0.29) is 5.91 Å². The molecule has 0 rings (SSSR count). The summed E-state index contributed by atoms with van der Waals surface area (Å²) >= 11 is 0. The summed E-state index contributed by atoms with van der Waals surface area (Å²) in [4.78, 5) is 13.1. The predicted molar refractivity (Wildman–Crippen MR) is 60.3 cm³/mol. The highest BCUT2D eigenvalue weighted by Crippen LogP contribution is 1.99. The van der Waals surface area contributed by atoms with E-state index in [1.807, 2.05) is 0 Å². The monoisotopic (exact) mass is 200 g/mol. The quantitative estimate of drug-likeness (QED) is 0.677. The Labute approximate surface area is 87.9 Å². The van der Waals surface area contributed by atoms with Crippen LogP contribution in [0.3, 0.4) is 0 Å². The molecule has 1 amide bonds. The fourth-order valence-electron chi connectivity index (χ4n) is 1.58. The van der Waals surface area contributed by atoms with Gasteiger partial charge in [0.25, 0.3) is 0 Å². The topological polar surface area (TPSA) is 32.3 Å². The fraction of sp³-hybridized carbons (Fsp3) is 0.909. The summed E-state index contributed by atoms with van der Waals surface area (Å²) in [7, 11) is 0. The third-order valence-corrected chi connectivity index (χ3v) is 2.46. The number of amides is 1. The van der Waals surface area contributed by atoms with Crippen molar-refractivity contribution >= 4 is 5.91 Å². The highest BCUT2D eigenvalue weighted by atomic mass is 16.1. The van der Waals surface area contributed by atoms with Gasteiger partial charge in [-0.15, -0.1) is 0 Å². The van der Waals surface area contributed by atoms with Crippen molar-refractivity contribution in [2.45, 2.75) is 46.6 Å². The molecule has 84 valence electrons. The van der Waals surface area contributed by atoms with Gasteiger partial charge in [-0.3, -0.25) is 4.79 Å². The Bertz CT molecular complexity index is 155. The molecular formula is C11H24N2O. The summed E-state index contributed by atoms with van der Waals surface area (Å²) < 4.78 is 0. The maximum absolute atomic E-state index is 10.7. The minimum Gasteiger partial charge on any atom is -0.354 e. The maximum atomic E-state index is 10.7.